The summed E-state index contributed by atoms with van der Waals surface area (Å²) in [6.07, 6.45) is 1.41. The molecule has 82 valence electrons. The van der Waals surface area contributed by atoms with Crippen molar-refractivity contribution < 1.29 is 9.59 Å². The van der Waals surface area contributed by atoms with Crippen LogP contribution in [0.15, 0.2) is 24.3 Å². The summed E-state index contributed by atoms with van der Waals surface area (Å²) in [5.41, 5.74) is 0.353. The van der Waals surface area contributed by atoms with Crippen LogP contribution >= 0.6 is 0 Å². The fraction of sp³-hybridized carbons (Fsp3) is 0.333. The zero-order valence-corrected chi connectivity index (χ0v) is 8.75. The van der Waals surface area contributed by atoms with Gasteiger partial charge in [-0.1, -0.05) is 12.1 Å². The molecular formula is C12H12N2O2. The van der Waals surface area contributed by atoms with Gasteiger partial charge < -0.3 is 10.6 Å². The molecular weight excluding hydrogens is 204 g/mol. The molecule has 1 amide bonds. The van der Waals surface area contributed by atoms with Crippen molar-refractivity contribution in [1.82, 2.24) is 5.32 Å². The molecule has 0 saturated carbocycles. The summed E-state index contributed by atoms with van der Waals surface area (Å²) >= 11 is 0. The molecule has 4 heteroatoms. The molecule has 3 rings (SSSR count). The standard InChI is InChI=1S/C12H12N2O2/c15-10-8-4-1-2-5-9(8)14-12(10)6-3-7-13-11(12)16/h1-2,4-5,14H,3,6-7H2,(H,13,16). The zero-order chi connectivity index (χ0) is 11.2. The van der Waals surface area contributed by atoms with Gasteiger partial charge in [0, 0.05) is 17.8 Å². The Balaban J connectivity index is 2.08. The molecule has 1 atom stereocenters. The first kappa shape index (κ1) is 9.39. The number of hydrogen-bond donors (Lipinski definition) is 2. The summed E-state index contributed by atoms with van der Waals surface area (Å²) in [5.74, 6) is -0.291. The Kier molecular flexibility index (Phi) is 1.80. The quantitative estimate of drug-likeness (QED) is 0.635. The van der Waals surface area contributed by atoms with Crippen LogP contribution in [0.4, 0.5) is 5.69 Å². The van der Waals surface area contributed by atoms with Gasteiger partial charge in [0.15, 0.2) is 11.3 Å². The highest BCUT2D eigenvalue weighted by atomic mass is 16.2. The molecule has 2 aliphatic rings. The Labute approximate surface area is 93.0 Å². The number of carbonyl (C=O) groups is 2. The van der Waals surface area contributed by atoms with E-state index < -0.39 is 5.54 Å². The fourth-order valence-electron chi connectivity index (χ4n) is 2.46. The maximum atomic E-state index is 12.3. The van der Waals surface area contributed by atoms with E-state index in [1.54, 1.807) is 6.07 Å². The van der Waals surface area contributed by atoms with Crippen molar-refractivity contribution in [1.29, 1.82) is 0 Å². The minimum Gasteiger partial charge on any atom is -0.364 e. The fourth-order valence-corrected chi connectivity index (χ4v) is 2.46. The third-order valence-corrected chi connectivity index (χ3v) is 3.31. The van der Waals surface area contributed by atoms with Crippen LogP contribution in [0.1, 0.15) is 23.2 Å². The summed E-state index contributed by atoms with van der Waals surface area (Å²) in [7, 11) is 0. The van der Waals surface area contributed by atoms with E-state index in [0.717, 1.165) is 12.1 Å². The van der Waals surface area contributed by atoms with Gasteiger partial charge in [-0.15, -0.1) is 0 Å². The first-order valence-corrected chi connectivity index (χ1v) is 5.44. The molecule has 1 unspecified atom stereocenters. The van der Waals surface area contributed by atoms with Gasteiger partial charge >= 0.3 is 0 Å². The van der Waals surface area contributed by atoms with Gasteiger partial charge in [-0.05, 0) is 25.0 Å². The predicted molar refractivity (Wildman–Crippen MR) is 59.4 cm³/mol. The highest BCUT2D eigenvalue weighted by Crippen LogP contribution is 2.36. The molecule has 2 N–H and O–H groups in total. The van der Waals surface area contributed by atoms with Gasteiger partial charge in [0.2, 0.25) is 0 Å². The molecule has 1 fully saturated rings. The lowest BCUT2D eigenvalue weighted by Gasteiger charge is -2.31. The van der Waals surface area contributed by atoms with Crippen LogP contribution in [0.2, 0.25) is 0 Å². The number of carbonyl (C=O) groups excluding carboxylic acids is 2. The lowest BCUT2D eigenvalue weighted by atomic mass is 9.85. The van der Waals surface area contributed by atoms with Gasteiger partial charge in [-0.2, -0.15) is 0 Å². The number of benzene rings is 1. The molecule has 1 aromatic carbocycles. The van der Waals surface area contributed by atoms with Crippen LogP contribution < -0.4 is 10.6 Å². The number of rotatable bonds is 0. The molecule has 2 heterocycles. The van der Waals surface area contributed by atoms with Crippen LogP contribution in [0.3, 0.4) is 0 Å². The van der Waals surface area contributed by atoms with Gasteiger partial charge in [0.05, 0.1) is 0 Å². The first-order valence-electron chi connectivity index (χ1n) is 5.44. The van der Waals surface area contributed by atoms with E-state index in [4.69, 9.17) is 0 Å². The van der Waals surface area contributed by atoms with E-state index in [-0.39, 0.29) is 11.7 Å². The highest BCUT2D eigenvalue weighted by molar-refractivity contribution is 6.25. The van der Waals surface area contributed by atoms with Gasteiger partial charge in [0.1, 0.15) is 0 Å². The van der Waals surface area contributed by atoms with E-state index in [2.05, 4.69) is 10.6 Å². The average Bonchev–Trinajstić information content (AvgIpc) is 2.59. The first-order chi connectivity index (χ1) is 7.74. The molecule has 0 aromatic heterocycles. The normalized spacial score (nSPS) is 27.5. The Hall–Kier alpha value is -1.84. The topological polar surface area (TPSA) is 58.2 Å². The van der Waals surface area contributed by atoms with Crippen LogP contribution in [0.5, 0.6) is 0 Å². The van der Waals surface area contributed by atoms with Crippen molar-refractivity contribution in [3.63, 3.8) is 0 Å². The molecule has 0 aliphatic carbocycles. The van der Waals surface area contributed by atoms with E-state index in [1.165, 1.54) is 0 Å². The molecule has 0 radical (unpaired) electrons. The summed E-state index contributed by atoms with van der Waals surface area (Å²) in [6, 6.07) is 7.28. The van der Waals surface area contributed by atoms with Crippen LogP contribution in [0.25, 0.3) is 0 Å². The van der Waals surface area contributed by atoms with Gasteiger partial charge in [0.25, 0.3) is 5.91 Å². The summed E-state index contributed by atoms with van der Waals surface area (Å²) in [5, 5.41) is 5.85. The van der Waals surface area contributed by atoms with Crippen molar-refractivity contribution in [3.05, 3.63) is 29.8 Å². The third kappa shape index (κ3) is 1.04. The highest BCUT2D eigenvalue weighted by Gasteiger charge is 2.52. The number of ketones is 1. The SMILES string of the molecule is O=C1NCCCC12Nc1ccccc1C2=O. The maximum Gasteiger partial charge on any atom is 0.253 e. The number of Topliss-reactive ketones (excluding diaryl/α,β-unsaturated/α-hetero) is 1. The maximum absolute atomic E-state index is 12.3. The second-order valence-corrected chi connectivity index (χ2v) is 4.26. The van der Waals surface area contributed by atoms with Crippen molar-refractivity contribution >= 4 is 17.4 Å². The van der Waals surface area contributed by atoms with Crippen LogP contribution in [-0.4, -0.2) is 23.8 Å². The minimum absolute atomic E-state index is 0.0969. The van der Waals surface area contributed by atoms with Crippen molar-refractivity contribution in [3.8, 4) is 0 Å². The molecule has 16 heavy (non-hydrogen) atoms. The monoisotopic (exact) mass is 216 g/mol. The lowest BCUT2D eigenvalue weighted by Crippen LogP contribution is -2.58. The van der Waals surface area contributed by atoms with Crippen molar-refractivity contribution in [2.45, 2.75) is 18.4 Å². The van der Waals surface area contributed by atoms with Gasteiger partial charge in [-0.3, -0.25) is 9.59 Å². The largest absolute Gasteiger partial charge is 0.364 e. The molecule has 2 aliphatic heterocycles. The molecule has 0 bridgehead atoms. The summed E-state index contributed by atoms with van der Waals surface area (Å²) < 4.78 is 0. The Morgan fingerprint density at radius 3 is 2.75 bits per heavy atom. The molecule has 1 aromatic rings. The van der Waals surface area contributed by atoms with Crippen LogP contribution in [-0.2, 0) is 4.79 Å². The summed E-state index contributed by atoms with van der Waals surface area (Å²) in [6.45, 7) is 0.659. The predicted octanol–water partition coefficient (Wildman–Crippen LogP) is 0.944. The number of amides is 1. The molecule has 1 saturated heterocycles. The third-order valence-electron chi connectivity index (χ3n) is 3.31. The number of hydrogen-bond acceptors (Lipinski definition) is 3. The number of fused-ring (bicyclic) bond motifs is 1. The Morgan fingerprint density at radius 2 is 2.00 bits per heavy atom. The van der Waals surface area contributed by atoms with Crippen molar-refractivity contribution in [2.75, 3.05) is 11.9 Å². The summed E-state index contributed by atoms with van der Waals surface area (Å²) in [4.78, 5) is 24.2. The van der Waals surface area contributed by atoms with E-state index in [9.17, 15) is 9.59 Å². The number of para-hydroxylation sites is 1. The second kappa shape index (κ2) is 3.07. The Bertz CT molecular complexity index is 484. The Morgan fingerprint density at radius 1 is 1.19 bits per heavy atom. The number of anilines is 1. The van der Waals surface area contributed by atoms with E-state index >= 15 is 0 Å². The lowest BCUT2D eigenvalue weighted by molar-refractivity contribution is -0.125. The van der Waals surface area contributed by atoms with Crippen LogP contribution in [0, 0.1) is 0 Å². The average molecular weight is 216 g/mol. The molecule has 4 nitrogen and oxygen atoms in total. The smallest absolute Gasteiger partial charge is 0.253 e. The number of nitrogens with one attached hydrogen (secondary N) is 2. The number of piperidine rings is 1. The second-order valence-electron chi connectivity index (χ2n) is 4.26. The van der Waals surface area contributed by atoms with E-state index in [1.807, 2.05) is 18.2 Å². The molecule has 1 spiro atoms. The van der Waals surface area contributed by atoms with E-state index in [0.29, 0.717) is 18.5 Å². The van der Waals surface area contributed by atoms with Crippen molar-refractivity contribution in [2.24, 2.45) is 0 Å². The minimum atomic E-state index is -1.04. The zero-order valence-electron chi connectivity index (χ0n) is 8.75. The van der Waals surface area contributed by atoms with Gasteiger partial charge in [-0.25, -0.2) is 0 Å².